The molecule has 1 aromatic rings. The topological polar surface area (TPSA) is 12.0 Å². The monoisotopic (exact) mass is 425 g/mol. The summed E-state index contributed by atoms with van der Waals surface area (Å²) in [6.07, 6.45) is 16.0. The Morgan fingerprint density at radius 1 is 1.03 bits per heavy atom. The van der Waals surface area contributed by atoms with Crippen LogP contribution in [0.25, 0.3) is 0 Å². The van der Waals surface area contributed by atoms with Crippen LogP contribution in [0.2, 0.25) is 5.02 Å². The highest BCUT2D eigenvalue weighted by Crippen LogP contribution is 2.60. The summed E-state index contributed by atoms with van der Waals surface area (Å²) in [5, 5.41) is 4.68. The molecule has 0 saturated heterocycles. The molecule has 0 radical (unpaired) electrons. The van der Waals surface area contributed by atoms with Gasteiger partial charge >= 0.3 is 0 Å². The van der Waals surface area contributed by atoms with E-state index < -0.39 is 0 Å². The van der Waals surface area contributed by atoms with Gasteiger partial charge in [0.25, 0.3) is 0 Å². The van der Waals surface area contributed by atoms with Crippen LogP contribution in [0.5, 0.6) is 0 Å². The Morgan fingerprint density at radius 2 is 1.70 bits per heavy atom. The van der Waals surface area contributed by atoms with Crippen molar-refractivity contribution < 1.29 is 0 Å². The van der Waals surface area contributed by atoms with Crippen LogP contribution in [0, 0.1) is 35.5 Å². The first-order valence-corrected chi connectivity index (χ1v) is 13.2. The molecule has 0 spiro atoms. The zero-order valence-corrected chi connectivity index (χ0v) is 19.5. The molecule has 2 heteroatoms. The van der Waals surface area contributed by atoms with E-state index in [1.807, 2.05) is 0 Å². The molecule has 0 aliphatic heterocycles. The van der Waals surface area contributed by atoms with E-state index >= 15 is 0 Å². The third kappa shape index (κ3) is 4.14. The molecule has 4 bridgehead atoms. The summed E-state index contributed by atoms with van der Waals surface area (Å²) in [5.74, 6) is 5.94. The average molecular weight is 426 g/mol. The van der Waals surface area contributed by atoms with Crippen molar-refractivity contribution in [3.05, 3.63) is 47.0 Å². The molecule has 1 N–H and O–H groups in total. The summed E-state index contributed by atoms with van der Waals surface area (Å²) >= 11 is 6.95. The van der Waals surface area contributed by atoms with E-state index in [2.05, 4.69) is 43.1 Å². The Kier molecular flexibility index (Phi) is 6.31. The van der Waals surface area contributed by atoms with Crippen molar-refractivity contribution in [2.75, 3.05) is 6.54 Å². The molecule has 0 amide bonds. The van der Waals surface area contributed by atoms with Gasteiger partial charge in [-0.25, -0.2) is 0 Å². The second-order valence-electron chi connectivity index (χ2n) is 11.1. The van der Waals surface area contributed by atoms with Crippen molar-refractivity contribution in [2.45, 2.75) is 83.1 Å². The zero-order valence-electron chi connectivity index (χ0n) is 18.8. The van der Waals surface area contributed by atoms with Crippen molar-refractivity contribution in [3.8, 4) is 0 Å². The average Bonchev–Trinajstić information content (AvgIpc) is 2.73. The van der Waals surface area contributed by atoms with Crippen LogP contribution < -0.4 is 5.32 Å². The number of allylic oxidation sites excluding steroid dienone is 1. The fourth-order valence-corrected chi connectivity index (χ4v) is 8.48. The lowest BCUT2D eigenvalue weighted by atomic mass is 9.51. The minimum atomic E-state index is 0.579. The van der Waals surface area contributed by atoms with E-state index in [0.29, 0.717) is 5.92 Å². The van der Waals surface area contributed by atoms with E-state index in [4.69, 9.17) is 11.6 Å². The lowest BCUT2D eigenvalue weighted by Crippen LogP contribution is -2.43. The largest absolute Gasteiger partial charge is 0.314 e. The van der Waals surface area contributed by atoms with Crippen LogP contribution in [-0.2, 0) is 6.42 Å². The molecule has 30 heavy (non-hydrogen) atoms. The molecular formula is C28H40ClN. The van der Waals surface area contributed by atoms with Gasteiger partial charge in [-0.1, -0.05) is 36.7 Å². The van der Waals surface area contributed by atoms with Crippen LogP contribution in [0.3, 0.4) is 0 Å². The Labute approximate surface area is 189 Å². The van der Waals surface area contributed by atoms with Crippen LogP contribution in [0.1, 0.15) is 81.8 Å². The summed E-state index contributed by atoms with van der Waals surface area (Å²) in [6.45, 7) is 7.51. The molecule has 0 heterocycles. The van der Waals surface area contributed by atoms with Crippen molar-refractivity contribution in [2.24, 2.45) is 35.5 Å². The molecule has 0 aromatic heterocycles. The standard InChI is InChI=1S/C28H40ClN/c1-3-21(22-6-8-25(9-7-22)30-4-2)12-18-5-10-26(27(29)17-18)28-23-13-19-11-20(15-23)16-24(28)14-19/h3,5,10,17,19-25,28,30H,1,4,6-9,11-16H2,2H3. The highest BCUT2D eigenvalue weighted by molar-refractivity contribution is 6.31. The first-order valence-electron chi connectivity index (χ1n) is 12.8. The quantitative estimate of drug-likeness (QED) is 0.449. The Bertz CT molecular complexity index is 719. The second-order valence-corrected chi connectivity index (χ2v) is 11.5. The zero-order chi connectivity index (χ0) is 20.7. The van der Waals surface area contributed by atoms with Crippen LogP contribution >= 0.6 is 11.6 Å². The van der Waals surface area contributed by atoms with Gasteiger partial charge in [0.1, 0.15) is 0 Å². The summed E-state index contributed by atoms with van der Waals surface area (Å²) in [4.78, 5) is 0. The number of hydrogen-bond donors (Lipinski definition) is 1. The first kappa shape index (κ1) is 21.1. The molecule has 1 nitrogen and oxygen atoms in total. The maximum atomic E-state index is 6.95. The highest BCUT2D eigenvalue weighted by Gasteiger charge is 2.48. The molecule has 1 aromatic carbocycles. The van der Waals surface area contributed by atoms with Gasteiger partial charge < -0.3 is 5.32 Å². The number of halogens is 1. The van der Waals surface area contributed by atoms with Crippen molar-refractivity contribution in [3.63, 3.8) is 0 Å². The molecule has 1 atom stereocenters. The molecule has 5 aliphatic carbocycles. The van der Waals surface area contributed by atoms with Gasteiger partial charge in [0.15, 0.2) is 0 Å². The third-order valence-electron chi connectivity index (χ3n) is 9.30. The summed E-state index contributed by atoms with van der Waals surface area (Å²) in [7, 11) is 0. The smallest absolute Gasteiger partial charge is 0.0443 e. The lowest BCUT2D eigenvalue weighted by Gasteiger charge is -2.54. The molecule has 5 fully saturated rings. The van der Waals surface area contributed by atoms with Gasteiger partial charge in [-0.05, 0) is 129 Å². The van der Waals surface area contributed by atoms with Gasteiger partial charge in [-0.2, -0.15) is 0 Å². The Hall–Kier alpha value is -0.790. The van der Waals surface area contributed by atoms with Gasteiger partial charge in [-0.3, -0.25) is 0 Å². The fraction of sp³-hybridized carbons (Fsp3) is 0.714. The van der Waals surface area contributed by atoms with Gasteiger partial charge in [0.2, 0.25) is 0 Å². The number of nitrogens with one attached hydrogen (secondary N) is 1. The van der Waals surface area contributed by atoms with E-state index in [9.17, 15) is 0 Å². The van der Waals surface area contributed by atoms with Crippen LogP contribution in [0.15, 0.2) is 30.9 Å². The Balaban J connectivity index is 1.25. The predicted molar refractivity (Wildman–Crippen MR) is 128 cm³/mol. The lowest BCUT2D eigenvalue weighted by molar-refractivity contribution is -0.00275. The van der Waals surface area contributed by atoms with E-state index in [1.165, 1.54) is 68.9 Å². The number of hydrogen-bond acceptors (Lipinski definition) is 1. The number of rotatable bonds is 7. The Morgan fingerprint density at radius 3 is 2.27 bits per heavy atom. The number of benzene rings is 1. The van der Waals surface area contributed by atoms with E-state index in [0.717, 1.165) is 59.5 Å². The SMILES string of the molecule is C=CC(Cc1ccc(C2C3CC4CC(C3)CC2C4)c(Cl)c1)C1CCC(NCC)CC1. The minimum Gasteiger partial charge on any atom is -0.314 e. The van der Waals surface area contributed by atoms with E-state index in [-0.39, 0.29) is 0 Å². The van der Waals surface area contributed by atoms with Crippen molar-refractivity contribution in [1.82, 2.24) is 5.32 Å². The maximum absolute atomic E-state index is 6.95. The molecule has 5 aliphatic rings. The third-order valence-corrected chi connectivity index (χ3v) is 9.62. The second kappa shape index (κ2) is 8.99. The fourth-order valence-electron chi connectivity index (χ4n) is 8.16. The molecule has 1 unspecified atom stereocenters. The predicted octanol–water partition coefficient (Wildman–Crippen LogP) is 7.39. The normalized spacial score (nSPS) is 38.5. The van der Waals surface area contributed by atoms with Crippen LogP contribution in [-0.4, -0.2) is 12.6 Å². The van der Waals surface area contributed by atoms with Crippen LogP contribution in [0.4, 0.5) is 0 Å². The summed E-state index contributed by atoms with van der Waals surface area (Å²) < 4.78 is 0. The van der Waals surface area contributed by atoms with Gasteiger partial charge in [0.05, 0.1) is 0 Å². The summed E-state index contributed by atoms with van der Waals surface area (Å²) in [6, 6.07) is 7.84. The molecular weight excluding hydrogens is 386 g/mol. The van der Waals surface area contributed by atoms with Crippen molar-refractivity contribution >= 4 is 11.6 Å². The maximum Gasteiger partial charge on any atom is 0.0443 e. The molecule has 6 rings (SSSR count). The highest BCUT2D eigenvalue weighted by atomic mass is 35.5. The molecule has 164 valence electrons. The van der Waals surface area contributed by atoms with Gasteiger partial charge in [-0.15, -0.1) is 6.58 Å². The van der Waals surface area contributed by atoms with Gasteiger partial charge in [0, 0.05) is 11.1 Å². The first-order chi connectivity index (χ1) is 14.6. The summed E-state index contributed by atoms with van der Waals surface area (Å²) in [5.41, 5.74) is 2.88. The molecule has 5 saturated carbocycles. The van der Waals surface area contributed by atoms with E-state index in [1.54, 1.807) is 0 Å². The minimum absolute atomic E-state index is 0.579. The van der Waals surface area contributed by atoms with Crippen molar-refractivity contribution in [1.29, 1.82) is 0 Å².